The predicted octanol–water partition coefficient (Wildman–Crippen LogP) is -0.849. The third kappa shape index (κ3) is 0.597. The van der Waals surface area contributed by atoms with Crippen molar-refractivity contribution < 1.29 is 0 Å². The standard InChI is InChI=1S/C3H7N2/c1-2-5-3-4-1/h4H,1-3H2. The van der Waals surface area contributed by atoms with Gasteiger partial charge in [-0.2, -0.15) is 0 Å². The molecular formula is C3H7N2. The van der Waals surface area contributed by atoms with Crippen LogP contribution in [0.15, 0.2) is 0 Å². The van der Waals surface area contributed by atoms with Crippen molar-refractivity contribution in [2.45, 2.75) is 0 Å². The summed E-state index contributed by atoms with van der Waals surface area (Å²) in [5.74, 6) is 0. The summed E-state index contributed by atoms with van der Waals surface area (Å²) in [5.41, 5.74) is 0. The fraction of sp³-hybridized carbons (Fsp3) is 1.00. The molecule has 1 rings (SSSR count). The summed E-state index contributed by atoms with van der Waals surface area (Å²) in [6, 6.07) is 0. The zero-order chi connectivity index (χ0) is 3.54. The van der Waals surface area contributed by atoms with Gasteiger partial charge in [-0.15, -0.1) is 0 Å². The molecule has 0 aromatic heterocycles. The van der Waals surface area contributed by atoms with Crippen LogP contribution in [0.25, 0.3) is 0 Å². The highest BCUT2D eigenvalue weighted by Gasteiger charge is 1.92. The minimum absolute atomic E-state index is 0.875. The van der Waals surface area contributed by atoms with Gasteiger partial charge >= 0.3 is 0 Å². The normalized spacial score (nSPS) is 24.0. The first-order valence-corrected chi connectivity index (χ1v) is 1.84. The van der Waals surface area contributed by atoms with Crippen LogP contribution < -0.4 is 10.6 Å². The average molecular weight is 71.1 g/mol. The van der Waals surface area contributed by atoms with Crippen molar-refractivity contribution in [3.8, 4) is 0 Å². The maximum atomic E-state index is 3.97. The number of rotatable bonds is 0. The van der Waals surface area contributed by atoms with Crippen molar-refractivity contribution in [3.05, 3.63) is 0 Å². The van der Waals surface area contributed by atoms with E-state index in [0.717, 1.165) is 19.8 Å². The molecular weight excluding hydrogens is 64.0 g/mol. The van der Waals surface area contributed by atoms with Crippen LogP contribution in [0.1, 0.15) is 0 Å². The fourth-order valence-electron chi connectivity index (χ4n) is 0.395. The maximum Gasteiger partial charge on any atom is 0.0624 e. The zero-order valence-electron chi connectivity index (χ0n) is 3.07. The summed E-state index contributed by atoms with van der Waals surface area (Å²) < 4.78 is 0. The molecule has 0 aromatic rings. The molecule has 0 spiro atoms. The van der Waals surface area contributed by atoms with Crippen LogP contribution in [-0.4, -0.2) is 19.8 Å². The van der Waals surface area contributed by atoms with Gasteiger partial charge in [0.15, 0.2) is 0 Å². The summed E-state index contributed by atoms with van der Waals surface area (Å²) in [6.07, 6.45) is 0. The van der Waals surface area contributed by atoms with Crippen LogP contribution in [-0.2, 0) is 0 Å². The van der Waals surface area contributed by atoms with E-state index in [1.807, 2.05) is 0 Å². The molecule has 29 valence electrons. The van der Waals surface area contributed by atoms with Crippen LogP contribution in [0.5, 0.6) is 0 Å². The topological polar surface area (TPSA) is 26.1 Å². The van der Waals surface area contributed by atoms with E-state index in [9.17, 15) is 0 Å². The van der Waals surface area contributed by atoms with Crippen LogP contribution in [0.4, 0.5) is 0 Å². The Labute approximate surface area is 31.6 Å². The van der Waals surface area contributed by atoms with Crippen molar-refractivity contribution >= 4 is 0 Å². The molecule has 1 aliphatic rings. The monoisotopic (exact) mass is 71.1 g/mol. The number of hydrogen-bond donors (Lipinski definition) is 1. The Bertz CT molecular complexity index is 16.5. The third-order valence-electron chi connectivity index (χ3n) is 0.670. The molecule has 2 heteroatoms. The zero-order valence-corrected chi connectivity index (χ0v) is 3.07. The largest absolute Gasteiger partial charge is 0.302 e. The van der Waals surface area contributed by atoms with Gasteiger partial charge in [-0.3, -0.25) is 0 Å². The van der Waals surface area contributed by atoms with E-state index in [4.69, 9.17) is 0 Å². The average Bonchev–Trinajstić information content (AvgIpc) is 1.76. The number of nitrogens with zero attached hydrogens (tertiary/aromatic N) is 1. The second kappa shape index (κ2) is 1.38. The molecule has 0 amide bonds. The lowest BCUT2D eigenvalue weighted by Crippen LogP contribution is -2.06. The Balaban J connectivity index is 2.08. The first kappa shape index (κ1) is 3.12. The lowest BCUT2D eigenvalue weighted by atomic mass is 10.7. The van der Waals surface area contributed by atoms with Crippen molar-refractivity contribution in [2.24, 2.45) is 0 Å². The minimum atomic E-state index is 0.875. The van der Waals surface area contributed by atoms with Gasteiger partial charge in [-0.1, -0.05) is 0 Å². The fourth-order valence-corrected chi connectivity index (χ4v) is 0.395. The predicted molar refractivity (Wildman–Crippen MR) is 19.9 cm³/mol. The lowest BCUT2D eigenvalue weighted by molar-refractivity contribution is 0.794. The summed E-state index contributed by atoms with van der Waals surface area (Å²) in [5, 5.41) is 7.03. The van der Waals surface area contributed by atoms with Gasteiger partial charge in [0.05, 0.1) is 6.67 Å². The summed E-state index contributed by atoms with van der Waals surface area (Å²) in [6.45, 7) is 2.97. The van der Waals surface area contributed by atoms with Gasteiger partial charge in [0.2, 0.25) is 0 Å². The molecule has 0 aliphatic carbocycles. The SMILES string of the molecule is C1CNC[N]1. The molecule has 0 unspecified atom stereocenters. The second-order valence-electron chi connectivity index (χ2n) is 1.11. The van der Waals surface area contributed by atoms with Gasteiger partial charge in [0.25, 0.3) is 0 Å². The molecule has 0 aromatic carbocycles. The molecule has 1 heterocycles. The quantitative estimate of drug-likeness (QED) is 0.395. The van der Waals surface area contributed by atoms with E-state index >= 15 is 0 Å². The highest BCUT2D eigenvalue weighted by Crippen LogP contribution is 1.66. The van der Waals surface area contributed by atoms with Crippen LogP contribution in [0, 0.1) is 0 Å². The third-order valence-corrected chi connectivity index (χ3v) is 0.670. The molecule has 0 saturated carbocycles. The molecule has 2 nitrogen and oxygen atoms in total. The van der Waals surface area contributed by atoms with Crippen molar-refractivity contribution in [1.29, 1.82) is 0 Å². The maximum absolute atomic E-state index is 3.97. The van der Waals surface area contributed by atoms with Crippen molar-refractivity contribution in [2.75, 3.05) is 19.8 Å². The molecule has 0 bridgehead atoms. The van der Waals surface area contributed by atoms with Gasteiger partial charge in [0, 0.05) is 13.1 Å². The van der Waals surface area contributed by atoms with Crippen LogP contribution >= 0.6 is 0 Å². The summed E-state index contributed by atoms with van der Waals surface area (Å²) in [4.78, 5) is 0. The Morgan fingerprint density at radius 2 is 2.60 bits per heavy atom. The molecule has 1 fully saturated rings. The molecule has 1 aliphatic heterocycles. The van der Waals surface area contributed by atoms with E-state index in [1.165, 1.54) is 0 Å². The van der Waals surface area contributed by atoms with Crippen molar-refractivity contribution in [3.63, 3.8) is 0 Å². The number of hydrogen-bond acceptors (Lipinski definition) is 1. The van der Waals surface area contributed by atoms with E-state index < -0.39 is 0 Å². The molecule has 5 heavy (non-hydrogen) atoms. The van der Waals surface area contributed by atoms with Crippen molar-refractivity contribution in [1.82, 2.24) is 10.6 Å². The smallest absolute Gasteiger partial charge is 0.0624 e. The molecule has 1 N–H and O–H groups in total. The van der Waals surface area contributed by atoms with Crippen LogP contribution in [0.2, 0.25) is 0 Å². The van der Waals surface area contributed by atoms with Crippen LogP contribution in [0.3, 0.4) is 0 Å². The summed E-state index contributed by atoms with van der Waals surface area (Å²) >= 11 is 0. The van der Waals surface area contributed by atoms with Gasteiger partial charge in [-0.05, 0) is 0 Å². The van der Waals surface area contributed by atoms with Gasteiger partial charge in [0.1, 0.15) is 0 Å². The molecule has 0 atom stereocenters. The van der Waals surface area contributed by atoms with E-state index in [0.29, 0.717) is 0 Å². The Hall–Kier alpha value is -0.0800. The first-order chi connectivity index (χ1) is 2.50. The second-order valence-corrected chi connectivity index (χ2v) is 1.11. The lowest BCUT2D eigenvalue weighted by Gasteiger charge is -1.74. The Kier molecular flexibility index (Phi) is 0.862. The molecule has 1 radical (unpaired) electrons. The van der Waals surface area contributed by atoms with E-state index in [2.05, 4.69) is 10.6 Å². The highest BCUT2D eigenvalue weighted by molar-refractivity contribution is 4.54. The highest BCUT2D eigenvalue weighted by atomic mass is 15.1. The van der Waals surface area contributed by atoms with Gasteiger partial charge in [-0.25, -0.2) is 5.32 Å². The minimum Gasteiger partial charge on any atom is -0.302 e. The number of nitrogens with one attached hydrogen (secondary N) is 1. The van der Waals surface area contributed by atoms with Gasteiger partial charge < -0.3 is 5.32 Å². The van der Waals surface area contributed by atoms with E-state index in [-0.39, 0.29) is 0 Å². The Morgan fingerprint density at radius 3 is 2.80 bits per heavy atom. The first-order valence-electron chi connectivity index (χ1n) is 1.84. The molecule has 1 saturated heterocycles. The van der Waals surface area contributed by atoms with E-state index in [1.54, 1.807) is 0 Å². The Morgan fingerprint density at radius 1 is 1.60 bits per heavy atom. The summed E-state index contributed by atoms with van der Waals surface area (Å²) in [7, 11) is 0.